The van der Waals surface area contributed by atoms with Gasteiger partial charge in [-0.2, -0.15) is 10.2 Å². The van der Waals surface area contributed by atoms with Crippen molar-refractivity contribution >= 4 is 17.0 Å². The molecule has 1 aromatic carbocycles. The molecule has 0 fully saturated rings. The van der Waals surface area contributed by atoms with Crippen molar-refractivity contribution in [1.29, 1.82) is 0 Å². The molecule has 5 rings (SSSR count). The lowest BCUT2D eigenvalue weighted by Gasteiger charge is -2.08. The van der Waals surface area contributed by atoms with Crippen molar-refractivity contribution < 1.29 is 9.84 Å². The lowest BCUT2D eigenvalue weighted by molar-refractivity contribution is 0.208. The van der Waals surface area contributed by atoms with E-state index in [-0.39, 0.29) is 6.04 Å². The van der Waals surface area contributed by atoms with Crippen molar-refractivity contribution in [3.63, 3.8) is 0 Å². The normalized spacial score (nSPS) is 12.3. The maximum Gasteiger partial charge on any atom is 0.223 e. The summed E-state index contributed by atoms with van der Waals surface area (Å²) < 4.78 is 9.06. The van der Waals surface area contributed by atoms with Gasteiger partial charge in [-0.1, -0.05) is 12.1 Å². The number of fused-ring (bicyclic) bond motifs is 1. The Balaban J connectivity index is 1.49. The van der Waals surface area contributed by atoms with Gasteiger partial charge in [-0.05, 0) is 50.6 Å². The minimum atomic E-state index is -0.505. The van der Waals surface area contributed by atoms with Crippen LogP contribution in [0.5, 0.6) is 5.75 Å². The first kappa shape index (κ1) is 24.4. The van der Waals surface area contributed by atoms with E-state index in [4.69, 9.17) is 14.8 Å². The number of aliphatic hydroxyl groups excluding tert-OH is 1. The lowest BCUT2D eigenvalue weighted by atomic mass is 10.1. The van der Waals surface area contributed by atoms with Crippen LogP contribution in [0.25, 0.3) is 33.5 Å². The second-order valence-electron chi connectivity index (χ2n) is 9.25. The number of aliphatic hydroxyl groups is 1. The minimum absolute atomic E-state index is 0.172. The number of benzene rings is 1. The molecule has 10 heteroatoms. The summed E-state index contributed by atoms with van der Waals surface area (Å²) in [5, 5.41) is 23.0. The summed E-state index contributed by atoms with van der Waals surface area (Å²) in [6.07, 6.45) is 6.86. The Hall–Kier alpha value is -4.31. The van der Waals surface area contributed by atoms with E-state index in [9.17, 15) is 5.11 Å². The van der Waals surface area contributed by atoms with Crippen molar-refractivity contribution in [2.75, 3.05) is 19.0 Å². The Morgan fingerprint density at radius 3 is 2.59 bits per heavy atom. The summed E-state index contributed by atoms with van der Waals surface area (Å²) >= 11 is 0. The van der Waals surface area contributed by atoms with Crippen molar-refractivity contribution in [2.24, 2.45) is 0 Å². The van der Waals surface area contributed by atoms with E-state index >= 15 is 0 Å². The standard InChI is InChI=1S/C27H30N8O2/c1-17(2)34-16-23(24-9-10-28-27(32-24)30-12-18(3)36)25(33-34)20-11-21-14-31-35(26(21)29-13-20)15-19-5-7-22(37-4)8-6-19/h5-11,13-14,16-18,36H,12,15H2,1-4H3,(H,28,30,32)/t18-/m0/s1. The summed E-state index contributed by atoms with van der Waals surface area (Å²) in [6, 6.07) is 12.0. The zero-order valence-electron chi connectivity index (χ0n) is 21.3. The Morgan fingerprint density at radius 1 is 1.05 bits per heavy atom. The molecule has 4 aromatic heterocycles. The fourth-order valence-corrected chi connectivity index (χ4v) is 4.01. The molecule has 0 spiro atoms. The molecular weight excluding hydrogens is 468 g/mol. The van der Waals surface area contributed by atoms with Crippen molar-refractivity contribution in [2.45, 2.75) is 39.5 Å². The van der Waals surface area contributed by atoms with Crippen molar-refractivity contribution in [3.8, 4) is 28.3 Å². The first-order valence-electron chi connectivity index (χ1n) is 12.2. The van der Waals surface area contributed by atoms with Crippen LogP contribution >= 0.6 is 0 Å². The number of nitrogens with one attached hydrogen (secondary N) is 1. The molecule has 0 saturated carbocycles. The lowest BCUT2D eigenvalue weighted by Crippen LogP contribution is -2.16. The molecule has 0 unspecified atom stereocenters. The summed E-state index contributed by atoms with van der Waals surface area (Å²) in [5.74, 6) is 1.28. The topological polar surface area (TPSA) is 116 Å². The van der Waals surface area contributed by atoms with Gasteiger partial charge in [-0.3, -0.25) is 4.68 Å². The largest absolute Gasteiger partial charge is 0.497 e. The first-order chi connectivity index (χ1) is 17.9. The van der Waals surface area contributed by atoms with Gasteiger partial charge in [0, 0.05) is 47.7 Å². The number of aromatic nitrogens is 7. The van der Waals surface area contributed by atoms with Crippen LogP contribution in [0.3, 0.4) is 0 Å². The van der Waals surface area contributed by atoms with Crippen LogP contribution in [0.15, 0.2) is 61.2 Å². The van der Waals surface area contributed by atoms with Crippen molar-refractivity contribution in [1.82, 2.24) is 34.5 Å². The molecule has 0 aliphatic heterocycles. The van der Waals surface area contributed by atoms with Gasteiger partial charge in [0.1, 0.15) is 11.4 Å². The van der Waals surface area contributed by atoms with E-state index in [2.05, 4.69) is 40.3 Å². The monoisotopic (exact) mass is 498 g/mol. The Labute approximate surface area is 215 Å². The highest BCUT2D eigenvalue weighted by Gasteiger charge is 2.18. The molecule has 5 aromatic rings. The third-order valence-electron chi connectivity index (χ3n) is 5.99. The van der Waals surface area contributed by atoms with Crippen LogP contribution in [-0.4, -0.2) is 59.4 Å². The van der Waals surface area contributed by atoms with Gasteiger partial charge in [-0.25, -0.2) is 19.6 Å². The predicted octanol–water partition coefficient (Wildman–Crippen LogP) is 4.18. The zero-order valence-corrected chi connectivity index (χ0v) is 21.3. The summed E-state index contributed by atoms with van der Waals surface area (Å²) in [4.78, 5) is 13.7. The molecule has 190 valence electrons. The van der Waals surface area contributed by atoms with Gasteiger partial charge in [0.25, 0.3) is 0 Å². The number of methoxy groups -OCH3 is 1. The molecule has 0 aliphatic carbocycles. The number of hydrogen-bond acceptors (Lipinski definition) is 8. The summed E-state index contributed by atoms with van der Waals surface area (Å²) in [5.41, 5.74) is 5.19. The predicted molar refractivity (Wildman–Crippen MR) is 142 cm³/mol. The van der Waals surface area contributed by atoms with E-state index in [0.717, 1.165) is 44.9 Å². The van der Waals surface area contributed by atoms with Crippen LogP contribution in [0.2, 0.25) is 0 Å². The van der Waals surface area contributed by atoms with Gasteiger partial charge in [0.15, 0.2) is 5.65 Å². The van der Waals surface area contributed by atoms with Crippen LogP contribution in [0, 0.1) is 0 Å². The third-order valence-corrected chi connectivity index (χ3v) is 5.99. The van der Waals surface area contributed by atoms with Crippen LogP contribution in [0.1, 0.15) is 32.4 Å². The SMILES string of the molecule is COc1ccc(Cn2ncc3cc(-c4nn(C(C)C)cc4-c4ccnc(NC[C@H](C)O)n4)cnc32)cc1. The zero-order chi connectivity index (χ0) is 25.9. The third kappa shape index (κ3) is 5.29. The van der Waals surface area contributed by atoms with Gasteiger partial charge < -0.3 is 15.2 Å². The molecule has 0 aliphatic rings. The molecule has 10 nitrogen and oxygen atoms in total. The molecular formula is C27H30N8O2. The molecule has 37 heavy (non-hydrogen) atoms. The van der Waals surface area contributed by atoms with E-state index in [1.807, 2.05) is 58.3 Å². The minimum Gasteiger partial charge on any atom is -0.497 e. The highest BCUT2D eigenvalue weighted by molar-refractivity contribution is 5.85. The van der Waals surface area contributed by atoms with E-state index in [1.54, 1.807) is 20.2 Å². The van der Waals surface area contributed by atoms with Gasteiger partial charge in [0.05, 0.1) is 31.6 Å². The quantitative estimate of drug-likeness (QED) is 0.311. The number of hydrogen-bond donors (Lipinski definition) is 2. The second kappa shape index (κ2) is 10.4. The molecule has 2 N–H and O–H groups in total. The molecule has 0 radical (unpaired) electrons. The van der Waals surface area contributed by atoms with Gasteiger partial charge in [0.2, 0.25) is 5.95 Å². The Bertz CT molecular complexity index is 1500. The summed E-state index contributed by atoms with van der Waals surface area (Å²) in [6.45, 7) is 6.85. The number of nitrogens with zero attached hydrogens (tertiary/aromatic N) is 7. The average molecular weight is 499 g/mol. The molecule has 1 atom stereocenters. The van der Waals surface area contributed by atoms with Gasteiger partial charge >= 0.3 is 0 Å². The van der Waals surface area contributed by atoms with Gasteiger partial charge in [-0.15, -0.1) is 0 Å². The van der Waals surface area contributed by atoms with Crippen molar-refractivity contribution in [3.05, 3.63) is 66.7 Å². The van der Waals surface area contributed by atoms with E-state index in [0.29, 0.717) is 19.0 Å². The fourth-order valence-electron chi connectivity index (χ4n) is 4.01. The highest BCUT2D eigenvalue weighted by Crippen LogP contribution is 2.32. The number of rotatable bonds is 9. The van der Waals surface area contributed by atoms with E-state index < -0.39 is 6.10 Å². The van der Waals surface area contributed by atoms with Crippen LogP contribution < -0.4 is 10.1 Å². The highest BCUT2D eigenvalue weighted by atomic mass is 16.5. The molecule has 0 saturated heterocycles. The average Bonchev–Trinajstić information content (AvgIpc) is 3.53. The summed E-state index contributed by atoms with van der Waals surface area (Å²) in [7, 11) is 1.66. The maximum atomic E-state index is 9.60. The molecule has 0 amide bonds. The van der Waals surface area contributed by atoms with E-state index in [1.165, 1.54) is 0 Å². The molecule has 0 bridgehead atoms. The number of ether oxygens (including phenoxy) is 1. The second-order valence-corrected chi connectivity index (χ2v) is 9.25. The fraction of sp³-hybridized carbons (Fsp3) is 0.296. The van der Waals surface area contributed by atoms with Crippen LogP contribution in [0.4, 0.5) is 5.95 Å². The van der Waals surface area contributed by atoms with Crippen LogP contribution in [-0.2, 0) is 6.54 Å². The Kier molecular flexibility index (Phi) is 6.82. The number of pyridine rings is 1. The number of anilines is 1. The smallest absolute Gasteiger partial charge is 0.223 e. The Morgan fingerprint density at radius 2 is 1.86 bits per heavy atom. The first-order valence-corrected chi connectivity index (χ1v) is 12.2. The molecule has 4 heterocycles. The maximum absolute atomic E-state index is 9.60.